The lowest BCUT2D eigenvalue weighted by Gasteiger charge is -1.95. The van der Waals surface area contributed by atoms with Crippen LogP contribution >= 0.6 is 0 Å². The van der Waals surface area contributed by atoms with Crippen molar-refractivity contribution in [2.24, 2.45) is 0 Å². The van der Waals surface area contributed by atoms with E-state index in [1.807, 2.05) is 10.9 Å². The van der Waals surface area contributed by atoms with Crippen LogP contribution in [0.15, 0.2) is 18.5 Å². The average molecular weight is 163 g/mol. The van der Waals surface area contributed by atoms with E-state index >= 15 is 0 Å². The van der Waals surface area contributed by atoms with Crippen molar-refractivity contribution in [2.45, 2.75) is 13.5 Å². The van der Waals surface area contributed by atoms with Crippen molar-refractivity contribution < 1.29 is 0 Å². The normalized spacial score (nSPS) is 16.6. The molecule has 1 N–H and O–H groups in total. The van der Waals surface area contributed by atoms with E-state index in [0.717, 1.165) is 19.6 Å². The van der Waals surface area contributed by atoms with Gasteiger partial charge in [-0.05, 0) is 12.5 Å². The number of hydrogen-bond acceptors (Lipinski definition) is 2. The zero-order valence-electron chi connectivity index (χ0n) is 7.25. The molecular formula is C9H13N3. The van der Waals surface area contributed by atoms with Gasteiger partial charge in [0.1, 0.15) is 0 Å². The van der Waals surface area contributed by atoms with Crippen LogP contribution in [0.4, 0.5) is 0 Å². The smallest absolute Gasteiger partial charge is 0.0565 e. The van der Waals surface area contributed by atoms with Gasteiger partial charge in [0, 0.05) is 31.4 Å². The van der Waals surface area contributed by atoms with Crippen LogP contribution in [0.1, 0.15) is 12.5 Å². The molecule has 0 aromatic carbocycles. The molecule has 0 saturated carbocycles. The monoisotopic (exact) mass is 163 g/mol. The van der Waals surface area contributed by atoms with Crippen molar-refractivity contribution >= 4 is 5.57 Å². The van der Waals surface area contributed by atoms with Crippen LogP contribution in [0, 0.1) is 0 Å². The summed E-state index contributed by atoms with van der Waals surface area (Å²) in [6.07, 6.45) is 6.25. The third-order valence-corrected chi connectivity index (χ3v) is 2.14. The molecule has 12 heavy (non-hydrogen) atoms. The van der Waals surface area contributed by atoms with Crippen LogP contribution in [-0.4, -0.2) is 22.9 Å². The van der Waals surface area contributed by atoms with Gasteiger partial charge in [-0.25, -0.2) is 0 Å². The van der Waals surface area contributed by atoms with Crippen LogP contribution in [0.5, 0.6) is 0 Å². The largest absolute Gasteiger partial charge is 0.309 e. The highest BCUT2D eigenvalue weighted by Gasteiger charge is 2.07. The van der Waals surface area contributed by atoms with E-state index < -0.39 is 0 Å². The number of aryl methyl sites for hydroxylation is 1. The predicted molar refractivity (Wildman–Crippen MR) is 48.7 cm³/mol. The molecular weight excluding hydrogens is 150 g/mol. The Bertz CT molecular complexity index is 298. The summed E-state index contributed by atoms with van der Waals surface area (Å²) in [5.74, 6) is 0. The molecule has 0 saturated heterocycles. The number of aromatic nitrogens is 2. The Morgan fingerprint density at radius 2 is 2.58 bits per heavy atom. The zero-order valence-corrected chi connectivity index (χ0v) is 7.25. The third kappa shape index (κ3) is 1.28. The van der Waals surface area contributed by atoms with Gasteiger partial charge in [-0.15, -0.1) is 0 Å². The molecule has 2 rings (SSSR count). The molecule has 1 aliphatic rings. The Labute approximate surface area is 72.1 Å². The maximum absolute atomic E-state index is 4.23. The van der Waals surface area contributed by atoms with Crippen LogP contribution < -0.4 is 5.32 Å². The van der Waals surface area contributed by atoms with Crippen molar-refractivity contribution in [2.75, 3.05) is 13.1 Å². The van der Waals surface area contributed by atoms with Gasteiger partial charge in [-0.2, -0.15) is 5.10 Å². The van der Waals surface area contributed by atoms with Crippen molar-refractivity contribution in [1.82, 2.24) is 15.1 Å². The minimum atomic E-state index is 0.945. The SMILES string of the molecule is CCn1cc(C2=CCNC2)cn1. The fraction of sp³-hybridized carbons (Fsp3) is 0.444. The van der Waals surface area contributed by atoms with Gasteiger partial charge >= 0.3 is 0 Å². The lowest BCUT2D eigenvalue weighted by Crippen LogP contribution is -2.07. The van der Waals surface area contributed by atoms with E-state index in [1.165, 1.54) is 11.1 Å². The second-order valence-corrected chi connectivity index (χ2v) is 2.94. The summed E-state index contributed by atoms with van der Waals surface area (Å²) in [6, 6.07) is 0. The van der Waals surface area contributed by atoms with E-state index in [1.54, 1.807) is 0 Å². The van der Waals surface area contributed by atoms with E-state index in [2.05, 4.69) is 29.6 Å². The van der Waals surface area contributed by atoms with Gasteiger partial charge in [0.25, 0.3) is 0 Å². The molecule has 0 amide bonds. The quantitative estimate of drug-likeness (QED) is 0.701. The summed E-state index contributed by atoms with van der Waals surface area (Å²) in [5, 5.41) is 7.50. The first-order valence-corrected chi connectivity index (χ1v) is 4.32. The Hall–Kier alpha value is -1.09. The topological polar surface area (TPSA) is 29.9 Å². The fourth-order valence-corrected chi connectivity index (χ4v) is 1.40. The molecule has 1 aliphatic heterocycles. The molecule has 0 atom stereocenters. The van der Waals surface area contributed by atoms with Crippen molar-refractivity contribution in [1.29, 1.82) is 0 Å². The standard InChI is InChI=1S/C9H13N3/c1-2-12-7-9(6-11-12)8-3-4-10-5-8/h3,6-7,10H,2,4-5H2,1H3. The number of hydrogen-bond donors (Lipinski definition) is 1. The number of nitrogens with one attached hydrogen (secondary N) is 1. The lowest BCUT2D eigenvalue weighted by molar-refractivity contribution is 0.659. The van der Waals surface area contributed by atoms with Crippen molar-refractivity contribution in [3.63, 3.8) is 0 Å². The Morgan fingerprint density at radius 1 is 1.67 bits per heavy atom. The van der Waals surface area contributed by atoms with Gasteiger partial charge in [0.05, 0.1) is 6.20 Å². The number of nitrogens with zero attached hydrogens (tertiary/aromatic N) is 2. The Balaban J connectivity index is 2.22. The minimum Gasteiger partial charge on any atom is -0.309 e. The summed E-state index contributed by atoms with van der Waals surface area (Å²) >= 11 is 0. The summed E-state index contributed by atoms with van der Waals surface area (Å²) in [7, 11) is 0. The van der Waals surface area contributed by atoms with Gasteiger partial charge in [-0.1, -0.05) is 6.08 Å². The summed E-state index contributed by atoms with van der Waals surface area (Å²) in [5.41, 5.74) is 2.62. The van der Waals surface area contributed by atoms with Gasteiger partial charge in [0.15, 0.2) is 0 Å². The molecule has 3 heteroatoms. The molecule has 0 spiro atoms. The third-order valence-electron chi connectivity index (χ3n) is 2.14. The average Bonchev–Trinajstić information content (AvgIpc) is 2.75. The summed E-state index contributed by atoms with van der Waals surface area (Å²) in [6.45, 7) is 5.01. The van der Waals surface area contributed by atoms with E-state index in [9.17, 15) is 0 Å². The number of rotatable bonds is 2. The zero-order chi connectivity index (χ0) is 8.39. The molecule has 0 aliphatic carbocycles. The lowest BCUT2D eigenvalue weighted by atomic mass is 10.1. The highest BCUT2D eigenvalue weighted by molar-refractivity contribution is 5.67. The second kappa shape index (κ2) is 3.11. The molecule has 1 aromatic heterocycles. The van der Waals surface area contributed by atoms with Crippen LogP contribution in [0.2, 0.25) is 0 Å². The van der Waals surface area contributed by atoms with E-state index in [4.69, 9.17) is 0 Å². The highest BCUT2D eigenvalue weighted by Crippen LogP contribution is 2.14. The maximum atomic E-state index is 4.23. The first-order valence-electron chi connectivity index (χ1n) is 4.32. The van der Waals surface area contributed by atoms with E-state index in [0.29, 0.717) is 0 Å². The molecule has 0 radical (unpaired) electrons. The van der Waals surface area contributed by atoms with Crippen LogP contribution in [0.3, 0.4) is 0 Å². The first-order chi connectivity index (χ1) is 5.90. The molecule has 64 valence electrons. The predicted octanol–water partition coefficient (Wildman–Crippen LogP) is 0.890. The molecule has 0 fully saturated rings. The van der Waals surface area contributed by atoms with E-state index in [-0.39, 0.29) is 0 Å². The first kappa shape index (κ1) is 7.55. The van der Waals surface area contributed by atoms with Gasteiger partial charge in [0.2, 0.25) is 0 Å². The molecule has 1 aromatic rings. The Morgan fingerprint density at radius 3 is 3.17 bits per heavy atom. The maximum Gasteiger partial charge on any atom is 0.0565 e. The molecule has 3 nitrogen and oxygen atoms in total. The highest BCUT2D eigenvalue weighted by atomic mass is 15.3. The minimum absolute atomic E-state index is 0.945. The molecule has 0 unspecified atom stereocenters. The van der Waals surface area contributed by atoms with Crippen LogP contribution in [-0.2, 0) is 6.54 Å². The van der Waals surface area contributed by atoms with Gasteiger partial charge in [-0.3, -0.25) is 4.68 Å². The van der Waals surface area contributed by atoms with Crippen LogP contribution in [0.25, 0.3) is 5.57 Å². The van der Waals surface area contributed by atoms with Crippen molar-refractivity contribution in [3.8, 4) is 0 Å². The molecule has 2 heterocycles. The van der Waals surface area contributed by atoms with Gasteiger partial charge < -0.3 is 5.32 Å². The summed E-state index contributed by atoms with van der Waals surface area (Å²) in [4.78, 5) is 0. The van der Waals surface area contributed by atoms with Crippen molar-refractivity contribution in [3.05, 3.63) is 24.0 Å². The Kier molecular flexibility index (Phi) is 1.96. The fourth-order valence-electron chi connectivity index (χ4n) is 1.40. The molecule has 0 bridgehead atoms. The summed E-state index contributed by atoms with van der Waals surface area (Å²) < 4.78 is 1.95. The second-order valence-electron chi connectivity index (χ2n) is 2.94.